The lowest BCUT2D eigenvalue weighted by Crippen LogP contribution is -2.57. The number of hydrogen-bond acceptors (Lipinski definition) is 6. The molecule has 2 fully saturated rings. The number of hydrogen-bond donors (Lipinski definition) is 0. The highest BCUT2D eigenvalue weighted by atomic mass is 32.1. The summed E-state index contributed by atoms with van der Waals surface area (Å²) < 4.78 is 0. The van der Waals surface area contributed by atoms with Crippen LogP contribution in [0.15, 0.2) is 35.8 Å². The first-order valence-corrected chi connectivity index (χ1v) is 10.6. The highest BCUT2D eigenvalue weighted by Gasteiger charge is 2.57. The lowest BCUT2D eigenvalue weighted by Gasteiger charge is -2.42. The SMILES string of the molecule is CC(C)CN1C(=O)N(Cc2ccccc2)C(=O)C12CCN(c1nncs1)CC2. The van der Waals surface area contributed by atoms with Crippen LogP contribution in [0.2, 0.25) is 0 Å². The molecular formula is C20H25N5O2S. The van der Waals surface area contributed by atoms with Crippen molar-refractivity contribution in [1.82, 2.24) is 20.0 Å². The molecule has 0 unspecified atom stereocenters. The zero-order chi connectivity index (χ0) is 19.7. The maximum Gasteiger partial charge on any atom is 0.327 e. The van der Waals surface area contributed by atoms with Gasteiger partial charge in [-0.2, -0.15) is 0 Å². The fourth-order valence-corrected chi connectivity index (χ4v) is 4.78. The predicted molar refractivity (Wildman–Crippen MR) is 108 cm³/mol. The van der Waals surface area contributed by atoms with Crippen LogP contribution in [-0.2, 0) is 11.3 Å². The average molecular weight is 400 g/mol. The summed E-state index contributed by atoms with van der Waals surface area (Å²) in [5, 5.41) is 8.94. The van der Waals surface area contributed by atoms with E-state index < -0.39 is 5.54 Å². The Morgan fingerprint density at radius 1 is 1.14 bits per heavy atom. The van der Waals surface area contributed by atoms with Crippen LogP contribution in [0, 0.1) is 5.92 Å². The Morgan fingerprint density at radius 2 is 1.86 bits per heavy atom. The zero-order valence-corrected chi connectivity index (χ0v) is 17.1. The molecule has 0 bridgehead atoms. The summed E-state index contributed by atoms with van der Waals surface area (Å²) in [4.78, 5) is 32.2. The van der Waals surface area contributed by atoms with Crippen LogP contribution < -0.4 is 4.90 Å². The summed E-state index contributed by atoms with van der Waals surface area (Å²) in [6, 6.07) is 9.55. The summed E-state index contributed by atoms with van der Waals surface area (Å²) in [7, 11) is 0. The molecule has 2 aliphatic rings. The molecule has 1 spiro atoms. The van der Waals surface area contributed by atoms with E-state index in [0.29, 0.717) is 44.9 Å². The quantitative estimate of drug-likeness (QED) is 0.723. The molecule has 1 aromatic heterocycles. The van der Waals surface area contributed by atoms with Gasteiger partial charge in [-0.1, -0.05) is 55.5 Å². The van der Waals surface area contributed by atoms with E-state index in [4.69, 9.17) is 0 Å². The molecule has 28 heavy (non-hydrogen) atoms. The zero-order valence-electron chi connectivity index (χ0n) is 16.2. The van der Waals surface area contributed by atoms with Crippen molar-refractivity contribution in [2.45, 2.75) is 38.8 Å². The molecule has 2 aliphatic heterocycles. The van der Waals surface area contributed by atoms with E-state index >= 15 is 0 Å². The summed E-state index contributed by atoms with van der Waals surface area (Å²) in [5.41, 5.74) is 1.95. The molecule has 2 saturated heterocycles. The number of aromatic nitrogens is 2. The normalized spacial score (nSPS) is 19.3. The van der Waals surface area contributed by atoms with Gasteiger partial charge in [-0.25, -0.2) is 4.79 Å². The maximum atomic E-state index is 13.5. The third-order valence-electron chi connectivity index (χ3n) is 5.56. The van der Waals surface area contributed by atoms with Crippen molar-refractivity contribution in [1.29, 1.82) is 0 Å². The van der Waals surface area contributed by atoms with Gasteiger partial charge in [-0.3, -0.25) is 9.69 Å². The van der Waals surface area contributed by atoms with Crippen LogP contribution >= 0.6 is 11.3 Å². The number of imide groups is 1. The molecule has 8 heteroatoms. The summed E-state index contributed by atoms with van der Waals surface area (Å²) in [5.74, 6) is 0.241. The molecule has 148 valence electrons. The predicted octanol–water partition coefficient (Wildman–Crippen LogP) is 3.00. The van der Waals surface area contributed by atoms with E-state index in [1.165, 1.54) is 16.2 Å². The molecule has 7 nitrogen and oxygen atoms in total. The smallest absolute Gasteiger partial charge is 0.327 e. The van der Waals surface area contributed by atoms with Gasteiger partial charge in [0.05, 0.1) is 6.54 Å². The molecule has 0 N–H and O–H groups in total. The first kappa shape index (κ1) is 18.9. The van der Waals surface area contributed by atoms with Gasteiger partial charge in [0.15, 0.2) is 0 Å². The lowest BCUT2D eigenvalue weighted by molar-refractivity contribution is -0.134. The Kier molecular flexibility index (Phi) is 5.05. The van der Waals surface area contributed by atoms with Gasteiger partial charge in [-0.05, 0) is 24.3 Å². The van der Waals surface area contributed by atoms with Crippen molar-refractivity contribution in [3.05, 3.63) is 41.4 Å². The van der Waals surface area contributed by atoms with Crippen LogP contribution in [-0.4, -0.2) is 57.1 Å². The first-order chi connectivity index (χ1) is 13.5. The summed E-state index contributed by atoms with van der Waals surface area (Å²) >= 11 is 1.50. The minimum absolute atomic E-state index is 0.0566. The van der Waals surface area contributed by atoms with E-state index in [1.807, 2.05) is 35.2 Å². The Hall–Kier alpha value is -2.48. The van der Waals surface area contributed by atoms with Crippen LogP contribution in [0.5, 0.6) is 0 Å². The minimum atomic E-state index is -0.739. The molecule has 0 saturated carbocycles. The lowest BCUT2D eigenvalue weighted by atomic mass is 9.85. The molecule has 3 heterocycles. The number of urea groups is 1. The second-order valence-corrected chi connectivity index (χ2v) is 8.72. The van der Waals surface area contributed by atoms with Crippen molar-refractivity contribution < 1.29 is 9.59 Å². The molecular weight excluding hydrogens is 374 g/mol. The molecule has 0 atom stereocenters. The Bertz CT molecular complexity index is 832. The number of amides is 3. The van der Waals surface area contributed by atoms with Crippen molar-refractivity contribution in [3.8, 4) is 0 Å². The third-order valence-corrected chi connectivity index (χ3v) is 6.31. The fraction of sp³-hybridized carbons (Fsp3) is 0.500. The van der Waals surface area contributed by atoms with E-state index in [9.17, 15) is 9.59 Å². The number of benzene rings is 1. The van der Waals surface area contributed by atoms with Gasteiger partial charge in [0.25, 0.3) is 5.91 Å². The molecule has 3 amide bonds. The minimum Gasteiger partial charge on any atom is -0.346 e. The molecule has 0 aliphatic carbocycles. The van der Waals surface area contributed by atoms with E-state index in [-0.39, 0.29) is 11.9 Å². The number of carbonyl (C=O) groups is 2. The van der Waals surface area contributed by atoms with Gasteiger partial charge in [-0.15, -0.1) is 10.2 Å². The summed E-state index contributed by atoms with van der Waals surface area (Å²) in [6.45, 7) is 6.48. The number of anilines is 1. The highest BCUT2D eigenvalue weighted by Crippen LogP contribution is 2.39. The number of nitrogens with zero attached hydrogens (tertiary/aromatic N) is 5. The standard InChI is InChI=1S/C20H25N5O2S/c1-15(2)12-25-19(27)24(13-16-6-4-3-5-7-16)17(26)20(25)8-10-23(11-9-20)18-22-21-14-28-18/h3-7,14-15H,8-13H2,1-2H3. The Morgan fingerprint density at radius 3 is 2.46 bits per heavy atom. The monoisotopic (exact) mass is 399 g/mol. The molecule has 4 rings (SSSR count). The Labute approximate surface area is 169 Å². The molecule has 0 radical (unpaired) electrons. The largest absolute Gasteiger partial charge is 0.346 e. The van der Waals surface area contributed by atoms with Gasteiger partial charge < -0.3 is 9.80 Å². The van der Waals surface area contributed by atoms with Crippen molar-refractivity contribution >= 4 is 28.4 Å². The van der Waals surface area contributed by atoms with Crippen LogP contribution in [0.4, 0.5) is 9.93 Å². The van der Waals surface area contributed by atoms with Gasteiger partial charge in [0.1, 0.15) is 11.0 Å². The van der Waals surface area contributed by atoms with Crippen LogP contribution in [0.1, 0.15) is 32.3 Å². The second-order valence-electron chi connectivity index (χ2n) is 7.90. The van der Waals surface area contributed by atoms with Crippen molar-refractivity contribution in [3.63, 3.8) is 0 Å². The highest BCUT2D eigenvalue weighted by molar-refractivity contribution is 7.13. The molecule has 2 aromatic rings. The average Bonchev–Trinajstić information content (AvgIpc) is 3.29. The van der Waals surface area contributed by atoms with E-state index in [2.05, 4.69) is 28.9 Å². The summed E-state index contributed by atoms with van der Waals surface area (Å²) in [6.07, 6.45) is 1.24. The topological polar surface area (TPSA) is 69.6 Å². The van der Waals surface area contributed by atoms with Gasteiger partial charge in [0, 0.05) is 19.6 Å². The van der Waals surface area contributed by atoms with Crippen LogP contribution in [0.3, 0.4) is 0 Å². The number of piperidine rings is 1. The first-order valence-electron chi connectivity index (χ1n) is 9.70. The Balaban J connectivity index is 1.59. The number of rotatable bonds is 5. The molecule has 1 aromatic carbocycles. The van der Waals surface area contributed by atoms with Crippen molar-refractivity contribution in [2.75, 3.05) is 24.5 Å². The maximum absolute atomic E-state index is 13.5. The van der Waals surface area contributed by atoms with E-state index in [0.717, 1.165) is 10.7 Å². The fourth-order valence-electron chi connectivity index (χ4n) is 4.16. The number of carbonyl (C=O) groups excluding carboxylic acids is 2. The van der Waals surface area contributed by atoms with Gasteiger partial charge in [0.2, 0.25) is 5.13 Å². The third kappa shape index (κ3) is 3.26. The van der Waals surface area contributed by atoms with Crippen molar-refractivity contribution in [2.24, 2.45) is 5.92 Å². The van der Waals surface area contributed by atoms with E-state index in [1.54, 1.807) is 5.51 Å². The van der Waals surface area contributed by atoms with Gasteiger partial charge >= 0.3 is 6.03 Å². The van der Waals surface area contributed by atoms with Crippen LogP contribution in [0.25, 0.3) is 0 Å². The second kappa shape index (κ2) is 7.50.